The Hall–Kier alpha value is -2.63. The number of piperidine rings is 1. The molecule has 27 heavy (non-hydrogen) atoms. The topological polar surface area (TPSA) is 67.4 Å². The van der Waals surface area contributed by atoms with E-state index in [0.717, 1.165) is 30.1 Å². The van der Waals surface area contributed by atoms with E-state index in [0.29, 0.717) is 24.1 Å². The van der Waals surface area contributed by atoms with Gasteiger partial charge in [-0.3, -0.25) is 4.79 Å². The van der Waals surface area contributed by atoms with Crippen LogP contribution in [0.3, 0.4) is 0 Å². The summed E-state index contributed by atoms with van der Waals surface area (Å²) in [5, 5.41) is 2.95. The molecule has 1 N–H and O–H groups in total. The van der Waals surface area contributed by atoms with Crippen molar-refractivity contribution < 1.29 is 9.53 Å². The number of aryl methyl sites for hydroxylation is 1. The van der Waals surface area contributed by atoms with Crippen molar-refractivity contribution in [1.82, 2.24) is 15.3 Å². The lowest BCUT2D eigenvalue weighted by molar-refractivity contribution is 0.0945. The van der Waals surface area contributed by atoms with Gasteiger partial charge in [0.05, 0.1) is 7.11 Å². The van der Waals surface area contributed by atoms with Crippen LogP contribution < -0.4 is 15.0 Å². The van der Waals surface area contributed by atoms with Gasteiger partial charge >= 0.3 is 0 Å². The smallest absolute Gasteiger partial charge is 0.270 e. The number of hydrogen-bond donors (Lipinski definition) is 1. The molecule has 1 aliphatic rings. The van der Waals surface area contributed by atoms with Crippen molar-refractivity contribution in [1.29, 1.82) is 0 Å². The third-order valence-corrected chi connectivity index (χ3v) is 5.06. The number of hydrogen-bond acceptors (Lipinski definition) is 5. The Bertz CT molecular complexity index is 776. The van der Waals surface area contributed by atoms with E-state index in [9.17, 15) is 4.79 Å². The molecule has 0 radical (unpaired) electrons. The predicted molar refractivity (Wildman–Crippen MR) is 106 cm³/mol. The lowest BCUT2D eigenvalue weighted by Crippen LogP contribution is -2.40. The predicted octanol–water partition coefficient (Wildman–Crippen LogP) is 3.49. The molecule has 0 bridgehead atoms. The molecule has 1 saturated heterocycles. The van der Waals surface area contributed by atoms with Gasteiger partial charge in [0.2, 0.25) is 0 Å². The molecule has 0 aliphatic carbocycles. The van der Waals surface area contributed by atoms with Crippen LogP contribution in [0.5, 0.6) is 5.75 Å². The van der Waals surface area contributed by atoms with Gasteiger partial charge in [-0.25, -0.2) is 9.97 Å². The number of methoxy groups -OCH3 is 1. The zero-order valence-electron chi connectivity index (χ0n) is 16.4. The molecular weight excluding hydrogens is 340 g/mol. The summed E-state index contributed by atoms with van der Waals surface area (Å²) in [5.74, 6) is 2.11. The number of nitrogens with one attached hydrogen (secondary N) is 1. The first-order chi connectivity index (χ1) is 13.1. The number of benzene rings is 1. The number of carbonyl (C=O) groups excluding carboxylic acids is 1. The summed E-state index contributed by atoms with van der Waals surface area (Å²) in [4.78, 5) is 23.9. The monoisotopic (exact) mass is 368 g/mol. The van der Waals surface area contributed by atoms with Gasteiger partial charge in [-0.05, 0) is 50.3 Å². The van der Waals surface area contributed by atoms with Crippen LogP contribution in [0.15, 0.2) is 30.3 Å². The first kappa shape index (κ1) is 19.1. The average Bonchev–Trinajstić information content (AvgIpc) is 2.71. The molecule has 6 heteroatoms. The maximum Gasteiger partial charge on any atom is 0.270 e. The first-order valence-electron chi connectivity index (χ1n) is 9.64. The highest BCUT2D eigenvalue weighted by Gasteiger charge is 2.23. The molecule has 6 nitrogen and oxygen atoms in total. The summed E-state index contributed by atoms with van der Waals surface area (Å²) in [6.45, 7) is 5.48. The molecule has 144 valence electrons. The molecule has 1 aromatic carbocycles. The Morgan fingerprint density at radius 1 is 1.26 bits per heavy atom. The van der Waals surface area contributed by atoms with Gasteiger partial charge in [0.25, 0.3) is 5.91 Å². The minimum atomic E-state index is -0.178. The van der Waals surface area contributed by atoms with Gasteiger partial charge < -0.3 is 15.0 Å². The van der Waals surface area contributed by atoms with Crippen molar-refractivity contribution in [3.8, 4) is 5.75 Å². The SMILES string of the molecule is CCC1CCCCN1c1cc(C(=O)NCc2ccc(OC)cc2)nc(C)n1. The number of aromatic nitrogens is 2. The van der Waals surface area contributed by atoms with E-state index in [1.807, 2.05) is 37.3 Å². The molecule has 3 rings (SSSR count). The second-order valence-corrected chi connectivity index (χ2v) is 6.94. The largest absolute Gasteiger partial charge is 0.497 e. The molecule has 1 unspecified atom stereocenters. The van der Waals surface area contributed by atoms with Gasteiger partial charge in [-0.15, -0.1) is 0 Å². The van der Waals surface area contributed by atoms with E-state index in [4.69, 9.17) is 4.74 Å². The number of carbonyl (C=O) groups is 1. The van der Waals surface area contributed by atoms with Gasteiger partial charge in [0.1, 0.15) is 23.1 Å². The van der Waals surface area contributed by atoms with E-state index < -0.39 is 0 Å². The summed E-state index contributed by atoms with van der Waals surface area (Å²) in [6, 6.07) is 9.96. The maximum absolute atomic E-state index is 12.6. The second-order valence-electron chi connectivity index (χ2n) is 6.94. The molecular formula is C21H28N4O2. The Morgan fingerprint density at radius 2 is 2.04 bits per heavy atom. The van der Waals surface area contributed by atoms with Crippen LogP contribution in [0.25, 0.3) is 0 Å². The number of rotatable bonds is 6. The van der Waals surface area contributed by atoms with Gasteiger partial charge in [-0.1, -0.05) is 19.1 Å². The zero-order valence-corrected chi connectivity index (χ0v) is 16.4. The fourth-order valence-corrected chi connectivity index (χ4v) is 3.56. The van der Waals surface area contributed by atoms with Crippen LogP contribution in [0.4, 0.5) is 5.82 Å². The van der Waals surface area contributed by atoms with E-state index in [-0.39, 0.29) is 5.91 Å². The molecule has 1 amide bonds. The van der Waals surface area contributed by atoms with E-state index in [2.05, 4.69) is 27.1 Å². The fraction of sp³-hybridized carbons (Fsp3) is 0.476. The molecule has 2 aromatic rings. The van der Waals surface area contributed by atoms with Crippen LogP contribution >= 0.6 is 0 Å². The van der Waals surface area contributed by atoms with Crippen molar-refractivity contribution in [3.05, 3.63) is 47.4 Å². The van der Waals surface area contributed by atoms with Crippen LogP contribution in [-0.2, 0) is 6.54 Å². The Labute approximate surface area is 161 Å². The van der Waals surface area contributed by atoms with Gasteiger partial charge in [-0.2, -0.15) is 0 Å². The maximum atomic E-state index is 12.6. The van der Waals surface area contributed by atoms with Crippen LogP contribution in [-0.4, -0.2) is 35.6 Å². The highest BCUT2D eigenvalue weighted by molar-refractivity contribution is 5.92. The number of amides is 1. The van der Waals surface area contributed by atoms with Crippen molar-refractivity contribution >= 4 is 11.7 Å². The highest BCUT2D eigenvalue weighted by atomic mass is 16.5. The summed E-state index contributed by atoms with van der Waals surface area (Å²) in [7, 11) is 1.64. The van der Waals surface area contributed by atoms with E-state index in [1.54, 1.807) is 7.11 Å². The lowest BCUT2D eigenvalue weighted by Gasteiger charge is -2.36. The van der Waals surface area contributed by atoms with Gasteiger partial charge in [0, 0.05) is 25.2 Å². The van der Waals surface area contributed by atoms with Crippen molar-refractivity contribution in [2.24, 2.45) is 0 Å². The Morgan fingerprint density at radius 3 is 2.74 bits per heavy atom. The first-order valence-corrected chi connectivity index (χ1v) is 9.64. The molecule has 1 aliphatic heterocycles. The third-order valence-electron chi connectivity index (χ3n) is 5.06. The second kappa shape index (κ2) is 8.84. The van der Waals surface area contributed by atoms with Crippen LogP contribution in [0.2, 0.25) is 0 Å². The van der Waals surface area contributed by atoms with Crippen molar-refractivity contribution in [2.75, 3.05) is 18.6 Å². The number of anilines is 1. The zero-order chi connectivity index (χ0) is 19.2. The molecule has 1 aromatic heterocycles. The average molecular weight is 368 g/mol. The van der Waals surface area contributed by atoms with Crippen LogP contribution in [0, 0.1) is 6.92 Å². The van der Waals surface area contributed by atoms with Gasteiger partial charge in [0.15, 0.2) is 0 Å². The molecule has 0 saturated carbocycles. The summed E-state index contributed by atoms with van der Waals surface area (Å²) >= 11 is 0. The molecule has 0 spiro atoms. The Kier molecular flexibility index (Phi) is 6.27. The van der Waals surface area contributed by atoms with E-state index >= 15 is 0 Å². The molecule has 1 atom stereocenters. The minimum Gasteiger partial charge on any atom is -0.497 e. The number of nitrogens with zero attached hydrogens (tertiary/aromatic N) is 3. The van der Waals surface area contributed by atoms with Crippen molar-refractivity contribution in [3.63, 3.8) is 0 Å². The van der Waals surface area contributed by atoms with Crippen LogP contribution in [0.1, 0.15) is 54.5 Å². The third kappa shape index (κ3) is 4.76. The highest BCUT2D eigenvalue weighted by Crippen LogP contribution is 2.25. The fourth-order valence-electron chi connectivity index (χ4n) is 3.56. The summed E-state index contributed by atoms with van der Waals surface area (Å²) in [5.41, 5.74) is 1.43. The molecule has 2 heterocycles. The standard InChI is InChI=1S/C21H28N4O2/c1-4-17-7-5-6-12-25(17)20-13-19(23-15(2)24-20)21(26)22-14-16-8-10-18(27-3)11-9-16/h8-11,13,17H,4-7,12,14H2,1-3H3,(H,22,26). The van der Waals surface area contributed by atoms with Crippen molar-refractivity contribution in [2.45, 2.75) is 52.1 Å². The lowest BCUT2D eigenvalue weighted by atomic mass is 10.00. The molecule has 1 fully saturated rings. The summed E-state index contributed by atoms with van der Waals surface area (Å²) in [6.07, 6.45) is 4.69. The normalized spacial score (nSPS) is 16.9. The summed E-state index contributed by atoms with van der Waals surface area (Å²) < 4.78 is 5.16. The van der Waals surface area contributed by atoms with E-state index in [1.165, 1.54) is 19.3 Å². The number of ether oxygens (including phenoxy) is 1. The Balaban J connectivity index is 1.71. The minimum absolute atomic E-state index is 0.178. The quantitative estimate of drug-likeness (QED) is 0.845.